The molecule has 4 nitrogen and oxygen atoms in total. The molecule has 2 atom stereocenters. The van der Waals surface area contributed by atoms with E-state index in [1.807, 2.05) is 30.5 Å². The highest BCUT2D eigenvalue weighted by molar-refractivity contribution is 7.99. The lowest BCUT2D eigenvalue weighted by Crippen LogP contribution is -2.33. The molecule has 2 N–H and O–H groups in total. The van der Waals surface area contributed by atoms with Gasteiger partial charge < -0.3 is 5.11 Å². The Balaban J connectivity index is 1.89. The van der Waals surface area contributed by atoms with Crippen LogP contribution >= 0.6 is 11.8 Å². The number of carboxylic acid groups (broad SMARTS) is 1. The molecule has 3 rings (SSSR count). The van der Waals surface area contributed by atoms with Crippen molar-refractivity contribution in [2.45, 2.75) is 11.4 Å². The summed E-state index contributed by atoms with van der Waals surface area (Å²) in [6, 6.07) is 9.51. The Bertz CT molecular complexity index is 602. The number of hydrogen-bond acceptors (Lipinski definition) is 4. The predicted octanol–water partition coefficient (Wildman–Crippen LogP) is 2.02. The number of carboxylic acids is 1. The van der Waals surface area contributed by atoms with Crippen molar-refractivity contribution in [1.29, 1.82) is 0 Å². The zero-order valence-electron chi connectivity index (χ0n) is 9.54. The van der Waals surface area contributed by atoms with Crippen molar-refractivity contribution in [2.75, 3.05) is 5.75 Å². The minimum absolute atomic E-state index is 0.0169. The number of hydrogen-bond donors (Lipinski definition) is 2. The average molecular weight is 260 g/mol. The van der Waals surface area contributed by atoms with Crippen LogP contribution in [0.2, 0.25) is 0 Å². The fourth-order valence-electron chi connectivity index (χ4n) is 2.04. The van der Waals surface area contributed by atoms with E-state index in [0.717, 1.165) is 16.5 Å². The fourth-order valence-corrected chi connectivity index (χ4v) is 3.24. The SMILES string of the molecule is O=C(O)C1CSC(c2cnc3ccccc3c2)N1. The smallest absolute Gasteiger partial charge is 0.321 e. The summed E-state index contributed by atoms with van der Waals surface area (Å²) < 4.78 is 0. The molecule has 2 aromatic rings. The van der Waals surface area contributed by atoms with Crippen molar-refractivity contribution >= 4 is 28.6 Å². The predicted molar refractivity (Wildman–Crippen MR) is 71.5 cm³/mol. The highest BCUT2D eigenvalue weighted by Crippen LogP contribution is 2.33. The number of para-hydroxylation sites is 1. The minimum atomic E-state index is -0.793. The number of nitrogens with zero attached hydrogens (tertiary/aromatic N) is 1. The van der Waals surface area contributed by atoms with Gasteiger partial charge in [-0.15, -0.1) is 11.8 Å². The van der Waals surface area contributed by atoms with Crippen LogP contribution in [0.5, 0.6) is 0 Å². The third-order valence-electron chi connectivity index (χ3n) is 2.99. The summed E-state index contributed by atoms with van der Waals surface area (Å²) in [6.07, 6.45) is 1.82. The van der Waals surface area contributed by atoms with E-state index in [2.05, 4.69) is 16.4 Å². The Labute approximate surface area is 108 Å². The van der Waals surface area contributed by atoms with Gasteiger partial charge >= 0.3 is 5.97 Å². The summed E-state index contributed by atoms with van der Waals surface area (Å²) >= 11 is 1.61. The van der Waals surface area contributed by atoms with Crippen LogP contribution in [-0.4, -0.2) is 27.9 Å². The number of thioether (sulfide) groups is 1. The molecule has 0 amide bonds. The normalized spacial score (nSPS) is 23.3. The number of fused-ring (bicyclic) bond motifs is 1. The highest BCUT2D eigenvalue weighted by atomic mass is 32.2. The molecule has 0 saturated carbocycles. The maximum Gasteiger partial charge on any atom is 0.321 e. The fraction of sp³-hybridized carbons (Fsp3) is 0.231. The molecule has 0 bridgehead atoms. The van der Waals surface area contributed by atoms with Crippen molar-refractivity contribution in [1.82, 2.24) is 10.3 Å². The number of rotatable bonds is 2. The summed E-state index contributed by atoms with van der Waals surface area (Å²) in [6.45, 7) is 0. The lowest BCUT2D eigenvalue weighted by atomic mass is 10.1. The average Bonchev–Trinajstić information content (AvgIpc) is 2.88. The molecule has 1 aromatic carbocycles. The molecule has 0 radical (unpaired) electrons. The van der Waals surface area contributed by atoms with E-state index in [0.29, 0.717) is 5.75 Å². The van der Waals surface area contributed by atoms with Crippen LogP contribution in [0, 0.1) is 0 Å². The number of carbonyl (C=O) groups is 1. The Hall–Kier alpha value is -1.59. The van der Waals surface area contributed by atoms with E-state index < -0.39 is 12.0 Å². The maximum absolute atomic E-state index is 10.9. The molecular formula is C13H12N2O2S. The molecule has 1 saturated heterocycles. The first-order valence-corrected chi connectivity index (χ1v) is 6.74. The Morgan fingerprint density at radius 1 is 1.44 bits per heavy atom. The molecule has 5 heteroatoms. The van der Waals surface area contributed by atoms with Crippen LogP contribution in [0.4, 0.5) is 0 Å². The number of aliphatic carboxylic acids is 1. The third kappa shape index (κ3) is 2.07. The van der Waals surface area contributed by atoms with Gasteiger partial charge in [-0.05, 0) is 17.7 Å². The van der Waals surface area contributed by atoms with E-state index >= 15 is 0 Å². The van der Waals surface area contributed by atoms with Crippen molar-refractivity contribution in [2.24, 2.45) is 0 Å². The quantitative estimate of drug-likeness (QED) is 0.865. The van der Waals surface area contributed by atoms with Crippen molar-refractivity contribution in [3.05, 3.63) is 42.1 Å². The molecule has 1 aliphatic heterocycles. The van der Waals surface area contributed by atoms with Gasteiger partial charge in [-0.25, -0.2) is 0 Å². The summed E-state index contributed by atoms with van der Waals surface area (Å²) in [5, 5.41) is 13.1. The molecule has 1 fully saturated rings. The second-order valence-electron chi connectivity index (χ2n) is 4.23. The van der Waals surface area contributed by atoms with Gasteiger partial charge in [-0.3, -0.25) is 15.1 Å². The second kappa shape index (κ2) is 4.59. The first-order valence-electron chi connectivity index (χ1n) is 5.69. The van der Waals surface area contributed by atoms with Gasteiger partial charge in [-0.1, -0.05) is 18.2 Å². The zero-order chi connectivity index (χ0) is 12.5. The molecule has 1 aromatic heterocycles. The maximum atomic E-state index is 10.9. The number of benzene rings is 1. The van der Waals surface area contributed by atoms with Crippen molar-refractivity contribution in [3.63, 3.8) is 0 Å². The van der Waals surface area contributed by atoms with E-state index in [1.54, 1.807) is 11.8 Å². The number of aromatic nitrogens is 1. The van der Waals surface area contributed by atoms with Crippen LogP contribution in [0.25, 0.3) is 10.9 Å². The summed E-state index contributed by atoms with van der Waals surface area (Å²) in [5.41, 5.74) is 1.99. The Kier molecular flexibility index (Phi) is 2.93. The molecular weight excluding hydrogens is 248 g/mol. The van der Waals surface area contributed by atoms with Gasteiger partial charge in [0.25, 0.3) is 0 Å². The summed E-state index contributed by atoms with van der Waals surface area (Å²) in [7, 11) is 0. The highest BCUT2D eigenvalue weighted by Gasteiger charge is 2.30. The number of pyridine rings is 1. The first-order chi connectivity index (χ1) is 8.74. The van der Waals surface area contributed by atoms with E-state index in [-0.39, 0.29) is 5.37 Å². The van der Waals surface area contributed by atoms with Crippen LogP contribution in [0.15, 0.2) is 36.5 Å². The molecule has 2 unspecified atom stereocenters. The Morgan fingerprint density at radius 2 is 2.28 bits per heavy atom. The van der Waals surface area contributed by atoms with Crippen LogP contribution in [0.1, 0.15) is 10.9 Å². The minimum Gasteiger partial charge on any atom is -0.480 e. The first kappa shape index (κ1) is 11.5. The van der Waals surface area contributed by atoms with Gasteiger partial charge in [0.2, 0.25) is 0 Å². The molecule has 18 heavy (non-hydrogen) atoms. The lowest BCUT2D eigenvalue weighted by molar-refractivity contribution is -0.138. The van der Waals surface area contributed by atoms with E-state index in [1.165, 1.54) is 0 Å². The van der Waals surface area contributed by atoms with Gasteiger partial charge in [0.05, 0.1) is 10.9 Å². The summed E-state index contributed by atoms with van der Waals surface area (Å²) in [5.74, 6) is -0.203. The topological polar surface area (TPSA) is 62.2 Å². The molecule has 92 valence electrons. The van der Waals surface area contributed by atoms with Gasteiger partial charge in [0.1, 0.15) is 6.04 Å². The molecule has 2 heterocycles. The second-order valence-corrected chi connectivity index (χ2v) is 5.37. The van der Waals surface area contributed by atoms with Crippen LogP contribution in [-0.2, 0) is 4.79 Å². The summed E-state index contributed by atoms with van der Waals surface area (Å²) in [4.78, 5) is 15.3. The number of nitrogens with one attached hydrogen (secondary N) is 1. The molecule has 1 aliphatic rings. The van der Waals surface area contributed by atoms with Gasteiger partial charge in [0.15, 0.2) is 0 Å². The Morgan fingerprint density at radius 3 is 3.06 bits per heavy atom. The van der Waals surface area contributed by atoms with Gasteiger partial charge in [-0.2, -0.15) is 0 Å². The largest absolute Gasteiger partial charge is 0.480 e. The van der Waals surface area contributed by atoms with Crippen molar-refractivity contribution in [3.8, 4) is 0 Å². The molecule has 0 spiro atoms. The molecule has 0 aliphatic carbocycles. The zero-order valence-corrected chi connectivity index (χ0v) is 10.4. The van der Waals surface area contributed by atoms with Crippen molar-refractivity contribution < 1.29 is 9.90 Å². The third-order valence-corrected chi connectivity index (χ3v) is 4.26. The lowest BCUT2D eigenvalue weighted by Gasteiger charge is -2.11. The monoisotopic (exact) mass is 260 g/mol. The van der Waals surface area contributed by atoms with Crippen LogP contribution < -0.4 is 5.32 Å². The van der Waals surface area contributed by atoms with Crippen LogP contribution in [0.3, 0.4) is 0 Å². The van der Waals surface area contributed by atoms with E-state index in [4.69, 9.17) is 5.11 Å². The van der Waals surface area contributed by atoms with Gasteiger partial charge in [0, 0.05) is 17.3 Å². The standard InChI is InChI=1S/C13H12N2O2S/c16-13(17)11-7-18-12(15-11)9-5-8-3-1-2-4-10(8)14-6-9/h1-6,11-12,15H,7H2,(H,16,17). The van der Waals surface area contributed by atoms with E-state index in [9.17, 15) is 4.79 Å².